The summed E-state index contributed by atoms with van der Waals surface area (Å²) in [6, 6.07) is 0. The first-order valence-electron chi connectivity index (χ1n) is 7.89. The number of carbonyl (C=O) groups is 3. The number of allylic oxidation sites excluding steroid dienone is 1. The van der Waals surface area contributed by atoms with Crippen molar-refractivity contribution in [1.29, 1.82) is 0 Å². The number of hydrogen-bond donors (Lipinski definition) is 2. The van der Waals surface area contributed by atoms with Gasteiger partial charge in [0.2, 0.25) is 5.91 Å². The van der Waals surface area contributed by atoms with E-state index in [1.807, 2.05) is 12.2 Å². The molecule has 2 N–H and O–H groups in total. The van der Waals surface area contributed by atoms with Gasteiger partial charge in [0.1, 0.15) is 5.54 Å². The third-order valence-corrected chi connectivity index (χ3v) is 5.17. The van der Waals surface area contributed by atoms with Crippen LogP contribution < -0.4 is 5.32 Å². The van der Waals surface area contributed by atoms with Gasteiger partial charge in [0.25, 0.3) is 0 Å². The number of fused-ring (bicyclic) bond motifs is 2. The molecule has 4 atom stereocenters. The van der Waals surface area contributed by atoms with Crippen LogP contribution in [0.2, 0.25) is 0 Å². The maximum Gasteiger partial charge on any atom is 0.332 e. The minimum atomic E-state index is -1.03. The van der Waals surface area contributed by atoms with Crippen molar-refractivity contribution < 1.29 is 24.2 Å². The third kappa shape index (κ3) is 2.51. The molecular weight excluding hydrogens is 298 g/mol. The summed E-state index contributed by atoms with van der Waals surface area (Å²) in [4.78, 5) is 37.2. The molecule has 4 unspecified atom stereocenters. The zero-order valence-electron chi connectivity index (χ0n) is 13.3. The van der Waals surface area contributed by atoms with Crippen molar-refractivity contribution in [3.05, 3.63) is 23.3 Å². The van der Waals surface area contributed by atoms with Crippen LogP contribution in [0.15, 0.2) is 23.3 Å². The van der Waals surface area contributed by atoms with Gasteiger partial charge >= 0.3 is 5.97 Å². The number of ether oxygens (including phenoxy) is 1. The van der Waals surface area contributed by atoms with Crippen LogP contribution in [0.25, 0.3) is 0 Å². The quantitative estimate of drug-likeness (QED) is 0.547. The number of esters is 1. The number of nitrogens with one attached hydrogen (secondary N) is 1. The Morgan fingerprint density at radius 2 is 2.17 bits per heavy atom. The summed E-state index contributed by atoms with van der Waals surface area (Å²) in [5, 5.41) is 12.8. The molecule has 0 aromatic rings. The van der Waals surface area contributed by atoms with Crippen molar-refractivity contribution in [3.63, 3.8) is 0 Å². The molecule has 1 heterocycles. The molecule has 0 aromatic heterocycles. The lowest BCUT2D eigenvalue weighted by atomic mass is 9.93. The second-order valence-corrected chi connectivity index (χ2v) is 6.55. The van der Waals surface area contributed by atoms with Crippen molar-refractivity contribution in [2.75, 3.05) is 7.11 Å². The zero-order valence-corrected chi connectivity index (χ0v) is 13.3. The van der Waals surface area contributed by atoms with Crippen molar-refractivity contribution >= 4 is 17.7 Å². The fourth-order valence-electron chi connectivity index (χ4n) is 3.67. The van der Waals surface area contributed by atoms with Gasteiger partial charge < -0.3 is 15.2 Å². The predicted molar refractivity (Wildman–Crippen MR) is 81.2 cm³/mol. The first-order valence-corrected chi connectivity index (χ1v) is 7.89. The molecule has 23 heavy (non-hydrogen) atoms. The number of amides is 1. The normalized spacial score (nSPS) is 38.1. The minimum absolute atomic E-state index is 0.105. The van der Waals surface area contributed by atoms with E-state index in [9.17, 15) is 19.5 Å². The van der Waals surface area contributed by atoms with Gasteiger partial charge in [-0.3, -0.25) is 9.59 Å². The fraction of sp³-hybridized carbons (Fsp3) is 0.588. The fourth-order valence-corrected chi connectivity index (χ4v) is 3.67. The summed E-state index contributed by atoms with van der Waals surface area (Å²) >= 11 is 0. The number of ketones is 1. The first kappa shape index (κ1) is 15.9. The number of carbonyl (C=O) groups excluding carboxylic acids is 3. The molecule has 1 fully saturated rings. The van der Waals surface area contributed by atoms with E-state index in [1.54, 1.807) is 6.92 Å². The van der Waals surface area contributed by atoms with E-state index in [-0.39, 0.29) is 24.0 Å². The highest BCUT2D eigenvalue weighted by Gasteiger charge is 2.61. The van der Waals surface area contributed by atoms with Gasteiger partial charge in [-0.1, -0.05) is 12.2 Å². The highest BCUT2D eigenvalue weighted by atomic mass is 16.5. The average Bonchev–Trinajstić information content (AvgIpc) is 3.13. The molecule has 6 nitrogen and oxygen atoms in total. The summed E-state index contributed by atoms with van der Waals surface area (Å²) in [5.74, 6) is -1.75. The Morgan fingerprint density at radius 1 is 1.43 bits per heavy atom. The highest BCUT2D eigenvalue weighted by molar-refractivity contribution is 6.04. The molecule has 0 aromatic carbocycles. The van der Waals surface area contributed by atoms with Crippen LogP contribution in [0.5, 0.6) is 0 Å². The average molecular weight is 319 g/mol. The van der Waals surface area contributed by atoms with Crippen LogP contribution in [-0.2, 0) is 19.1 Å². The Bertz CT molecular complexity index is 635. The van der Waals surface area contributed by atoms with Crippen molar-refractivity contribution in [2.24, 2.45) is 11.8 Å². The molecule has 0 radical (unpaired) electrons. The molecule has 1 amide bonds. The van der Waals surface area contributed by atoms with Crippen LogP contribution in [0, 0.1) is 11.8 Å². The molecule has 3 rings (SSSR count). The number of aliphatic hydroxyl groups excluding tert-OH is 1. The monoisotopic (exact) mass is 319 g/mol. The molecule has 0 saturated heterocycles. The van der Waals surface area contributed by atoms with Crippen LogP contribution >= 0.6 is 0 Å². The molecular formula is C17H21NO5. The SMILES string of the molecule is COC(=O)C12CC1/C=C\CCC(=O)C1=C(C)C(O)CC1C(=O)N2. The van der Waals surface area contributed by atoms with Crippen molar-refractivity contribution in [1.82, 2.24) is 5.32 Å². The van der Waals surface area contributed by atoms with Crippen LogP contribution in [-0.4, -0.2) is 41.5 Å². The van der Waals surface area contributed by atoms with E-state index in [0.29, 0.717) is 30.4 Å². The van der Waals surface area contributed by atoms with Gasteiger partial charge in [0.05, 0.1) is 19.1 Å². The summed E-state index contributed by atoms with van der Waals surface area (Å²) in [6.07, 6.45) is 4.52. The van der Waals surface area contributed by atoms with Crippen LogP contribution in [0.1, 0.15) is 32.6 Å². The highest BCUT2D eigenvalue weighted by Crippen LogP contribution is 2.47. The Labute approximate surface area is 134 Å². The second kappa shape index (κ2) is 5.60. The van der Waals surface area contributed by atoms with Gasteiger partial charge in [-0.2, -0.15) is 0 Å². The first-order chi connectivity index (χ1) is 10.9. The maximum absolute atomic E-state index is 12.7. The van der Waals surface area contributed by atoms with Gasteiger partial charge in [-0.25, -0.2) is 4.79 Å². The number of Topliss-reactive ketones (excluding diaryl/α,β-unsaturated/α-hetero) is 1. The standard InChI is InChI=1S/C17H21NO5/c1-9-13(20)7-11-14(9)12(19)6-4-3-5-10-8-17(10,16(22)23-2)18-15(11)21/h3,5,10-11,13,20H,4,6-8H2,1-2H3,(H,18,21)/b5-3-. The molecule has 2 aliphatic carbocycles. The van der Waals surface area contributed by atoms with Crippen LogP contribution in [0.3, 0.4) is 0 Å². The Hall–Kier alpha value is -1.95. The largest absolute Gasteiger partial charge is 0.467 e. The third-order valence-electron chi connectivity index (χ3n) is 5.17. The molecule has 1 aliphatic heterocycles. The van der Waals surface area contributed by atoms with Crippen molar-refractivity contribution in [2.45, 2.75) is 44.2 Å². The topological polar surface area (TPSA) is 92.7 Å². The van der Waals surface area contributed by atoms with Crippen LogP contribution in [0.4, 0.5) is 0 Å². The van der Waals surface area contributed by atoms with E-state index >= 15 is 0 Å². The zero-order chi connectivity index (χ0) is 16.8. The summed E-state index contributed by atoms with van der Waals surface area (Å²) in [6.45, 7) is 1.69. The van der Waals surface area contributed by atoms with E-state index in [0.717, 1.165) is 0 Å². The summed E-state index contributed by atoms with van der Waals surface area (Å²) < 4.78 is 4.84. The van der Waals surface area contributed by atoms with Gasteiger partial charge in [-0.15, -0.1) is 0 Å². The Morgan fingerprint density at radius 3 is 2.87 bits per heavy atom. The summed E-state index contributed by atoms with van der Waals surface area (Å²) in [5.41, 5.74) is -0.0530. The van der Waals surface area contributed by atoms with Gasteiger partial charge in [0.15, 0.2) is 5.78 Å². The number of rotatable bonds is 1. The Kier molecular flexibility index (Phi) is 3.88. The second-order valence-electron chi connectivity index (χ2n) is 6.55. The van der Waals surface area contributed by atoms with E-state index in [2.05, 4.69) is 5.32 Å². The van der Waals surface area contributed by atoms with Crippen molar-refractivity contribution in [3.8, 4) is 0 Å². The molecule has 6 heteroatoms. The number of hydrogen-bond acceptors (Lipinski definition) is 5. The van der Waals surface area contributed by atoms with Gasteiger partial charge in [-0.05, 0) is 31.8 Å². The lowest BCUT2D eigenvalue weighted by Crippen LogP contribution is -2.48. The van der Waals surface area contributed by atoms with Gasteiger partial charge in [0, 0.05) is 17.9 Å². The molecule has 0 spiro atoms. The maximum atomic E-state index is 12.7. The van der Waals surface area contributed by atoms with E-state index < -0.39 is 23.5 Å². The lowest BCUT2D eigenvalue weighted by molar-refractivity contribution is -0.147. The summed E-state index contributed by atoms with van der Waals surface area (Å²) in [7, 11) is 1.30. The predicted octanol–water partition coefficient (Wildman–Crippen LogP) is 0.651. The van der Waals surface area contributed by atoms with E-state index in [4.69, 9.17) is 4.74 Å². The molecule has 3 aliphatic rings. The van der Waals surface area contributed by atoms with E-state index in [1.165, 1.54) is 7.11 Å². The smallest absolute Gasteiger partial charge is 0.332 e. The number of aliphatic hydroxyl groups is 1. The minimum Gasteiger partial charge on any atom is -0.467 e. The molecule has 124 valence electrons. The Balaban J connectivity index is 1.96. The molecule has 1 saturated carbocycles. The lowest BCUT2D eigenvalue weighted by Gasteiger charge is -2.20. The molecule has 0 bridgehead atoms. The number of methoxy groups -OCH3 is 1.